The molecule has 0 aromatic carbocycles. The Morgan fingerprint density at radius 2 is 2.00 bits per heavy atom. The van der Waals surface area contributed by atoms with E-state index in [-0.39, 0.29) is 25.4 Å². The molecule has 2 rings (SSSR count). The molecule has 0 radical (unpaired) electrons. The van der Waals surface area contributed by atoms with Crippen molar-refractivity contribution in [2.75, 3.05) is 6.54 Å². The van der Waals surface area contributed by atoms with Gasteiger partial charge in [0.15, 0.2) is 0 Å². The van der Waals surface area contributed by atoms with E-state index in [2.05, 4.69) is 9.97 Å². The van der Waals surface area contributed by atoms with Gasteiger partial charge in [0.1, 0.15) is 0 Å². The number of carboxylic acids is 1. The topological polar surface area (TPSA) is 83.4 Å². The Labute approximate surface area is 122 Å². The van der Waals surface area contributed by atoms with E-state index in [0.717, 1.165) is 0 Å². The molecule has 6 heteroatoms. The summed E-state index contributed by atoms with van der Waals surface area (Å²) in [6, 6.07) is 8.73. The van der Waals surface area contributed by atoms with Crippen molar-refractivity contribution in [2.45, 2.75) is 13.0 Å². The van der Waals surface area contributed by atoms with Crippen molar-refractivity contribution >= 4 is 11.9 Å². The number of aliphatic carboxylic acids is 1. The number of carbonyl (C=O) groups is 2. The Morgan fingerprint density at radius 1 is 1.14 bits per heavy atom. The van der Waals surface area contributed by atoms with Gasteiger partial charge in [0, 0.05) is 25.1 Å². The van der Waals surface area contributed by atoms with Gasteiger partial charge in [-0.2, -0.15) is 0 Å². The van der Waals surface area contributed by atoms with E-state index in [1.165, 1.54) is 11.1 Å². The van der Waals surface area contributed by atoms with E-state index in [0.29, 0.717) is 11.3 Å². The molecule has 2 aromatic heterocycles. The van der Waals surface area contributed by atoms with Crippen molar-refractivity contribution in [2.24, 2.45) is 0 Å². The van der Waals surface area contributed by atoms with Crippen LogP contribution in [0.1, 0.15) is 22.5 Å². The molecule has 0 saturated heterocycles. The molecular formula is C15H15N3O3. The van der Waals surface area contributed by atoms with Crippen molar-refractivity contribution in [3.05, 3.63) is 60.2 Å². The minimum absolute atomic E-state index is 0.112. The van der Waals surface area contributed by atoms with Crippen LogP contribution in [-0.4, -0.2) is 38.4 Å². The molecular weight excluding hydrogens is 270 g/mol. The largest absolute Gasteiger partial charge is 0.481 e. The molecule has 0 saturated carbocycles. The average Bonchev–Trinajstić information content (AvgIpc) is 2.52. The highest BCUT2D eigenvalue weighted by Gasteiger charge is 2.17. The minimum Gasteiger partial charge on any atom is -0.481 e. The van der Waals surface area contributed by atoms with Crippen LogP contribution in [0.15, 0.2) is 48.9 Å². The molecule has 0 aliphatic heterocycles. The van der Waals surface area contributed by atoms with Crippen LogP contribution in [0.2, 0.25) is 0 Å². The number of nitrogens with zero attached hydrogens (tertiary/aromatic N) is 3. The first-order chi connectivity index (χ1) is 10.2. The second kappa shape index (κ2) is 7.14. The van der Waals surface area contributed by atoms with Crippen molar-refractivity contribution in [1.82, 2.24) is 14.9 Å². The van der Waals surface area contributed by atoms with E-state index >= 15 is 0 Å². The van der Waals surface area contributed by atoms with Gasteiger partial charge in [-0.25, -0.2) is 0 Å². The van der Waals surface area contributed by atoms with Crippen molar-refractivity contribution in [3.63, 3.8) is 0 Å². The van der Waals surface area contributed by atoms with Gasteiger partial charge < -0.3 is 10.0 Å². The van der Waals surface area contributed by atoms with Gasteiger partial charge in [0.25, 0.3) is 5.91 Å². The Hall–Kier alpha value is -2.76. The van der Waals surface area contributed by atoms with Gasteiger partial charge in [-0.05, 0) is 24.3 Å². The molecule has 6 nitrogen and oxygen atoms in total. The van der Waals surface area contributed by atoms with Crippen LogP contribution >= 0.6 is 0 Å². The van der Waals surface area contributed by atoms with Gasteiger partial charge in [0.05, 0.1) is 24.2 Å². The summed E-state index contributed by atoms with van der Waals surface area (Å²) in [5.74, 6) is -1.20. The average molecular weight is 285 g/mol. The third-order valence-electron chi connectivity index (χ3n) is 2.87. The van der Waals surface area contributed by atoms with E-state index in [1.54, 1.807) is 36.7 Å². The fourth-order valence-corrected chi connectivity index (χ4v) is 1.84. The molecule has 0 spiro atoms. The molecule has 1 N–H and O–H groups in total. The predicted octanol–water partition coefficient (Wildman–Crippen LogP) is 1.59. The monoisotopic (exact) mass is 285 g/mol. The molecule has 0 aliphatic carbocycles. The Morgan fingerprint density at radius 3 is 2.62 bits per heavy atom. The number of hydrogen-bond donors (Lipinski definition) is 1. The van der Waals surface area contributed by atoms with E-state index < -0.39 is 5.97 Å². The summed E-state index contributed by atoms with van der Waals surface area (Å²) in [5, 5.41) is 8.81. The highest BCUT2D eigenvalue weighted by molar-refractivity contribution is 5.94. The van der Waals surface area contributed by atoms with Crippen LogP contribution in [0.5, 0.6) is 0 Å². The lowest BCUT2D eigenvalue weighted by Crippen LogP contribution is -2.33. The molecule has 2 heterocycles. The van der Waals surface area contributed by atoms with Crippen LogP contribution in [0.3, 0.4) is 0 Å². The van der Waals surface area contributed by atoms with Crippen molar-refractivity contribution < 1.29 is 14.7 Å². The quantitative estimate of drug-likeness (QED) is 0.871. The molecule has 1 amide bonds. The van der Waals surface area contributed by atoms with Crippen LogP contribution in [0, 0.1) is 0 Å². The second-order valence-electron chi connectivity index (χ2n) is 4.43. The van der Waals surface area contributed by atoms with Gasteiger partial charge in [0.2, 0.25) is 0 Å². The van der Waals surface area contributed by atoms with Crippen LogP contribution in [-0.2, 0) is 11.3 Å². The number of hydrogen-bond acceptors (Lipinski definition) is 4. The Balaban J connectivity index is 2.15. The summed E-state index contributed by atoms with van der Waals surface area (Å²) in [4.78, 5) is 32.7. The lowest BCUT2D eigenvalue weighted by Gasteiger charge is -2.21. The van der Waals surface area contributed by atoms with Crippen molar-refractivity contribution in [1.29, 1.82) is 0 Å². The normalized spacial score (nSPS) is 10.1. The number of pyridine rings is 2. The van der Waals surface area contributed by atoms with E-state index in [4.69, 9.17) is 5.11 Å². The summed E-state index contributed by atoms with van der Waals surface area (Å²) in [6.07, 6.45) is 4.57. The summed E-state index contributed by atoms with van der Waals surface area (Å²) < 4.78 is 0. The fraction of sp³-hybridized carbons (Fsp3) is 0.200. The molecule has 0 fully saturated rings. The molecule has 108 valence electrons. The smallest absolute Gasteiger partial charge is 0.305 e. The van der Waals surface area contributed by atoms with Crippen LogP contribution in [0.4, 0.5) is 0 Å². The predicted molar refractivity (Wildman–Crippen MR) is 75.5 cm³/mol. The summed E-state index contributed by atoms with van der Waals surface area (Å²) in [5.41, 5.74) is 1.14. The Bertz CT molecular complexity index is 602. The maximum Gasteiger partial charge on any atom is 0.305 e. The van der Waals surface area contributed by atoms with E-state index in [1.807, 2.05) is 6.07 Å². The number of rotatable bonds is 6. The van der Waals surface area contributed by atoms with Crippen molar-refractivity contribution in [3.8, 4) is 0 Å². The number of aromatic nitrogens is 2. The summed E-state index contributed by atoms with van der Waals surface area (Å²) in [7, 11) is 0. The lowest BCUT2D eigenvalue weighted by molar-refractivity contribution is -0.137. The van der Waals surface area contributed by atoms with Gasteiger partial charge in [-0.15, -0.1) is 0 Å². The van der Waals surface area contributed by atoms with Gasteiger partial charge >= 0.3 is 5.97 Å². The summed E-state index contributed by atoms with van der Waals surface area (Å²) >= 11 is 0. The van der Waals surface area contributed by atoms with Crippen LogP contribution < -0.4 is 0 Å². The lowest BCUT2D eigenvalue weighted by atomic mass is 10.2. The SMILES string of the molecule is O=C(O)CCN(Cc1ccccn1)C(=O)c1cccnc1. The molecule has 0 unspecified atom stereocenters. The summed E-state index contributed by atoms with van der Waals surface area (Å²) in [6.45, 7) is 0.390. The molecule has 21 heavy (non-hydrogen) atoms. The third kappa shape index (κ3) is 4.38. The highest BCUT2D eigenvalue weighted by Crippen LogP contribution is 2.08. The first-order valence-corrected chi connectivity index (χ1v) is 6.48. The highest BCUT2D eigenvalue weighted by atomic mass is 16.4. The standard InChI is InChI=1S/C15H15N3O3/c19-14(20)6-9-18(11-13-5-1-2-8-17-13)15(21)12-4-3-7-16-10-12/h1-5,7-8,10H,6,9,11H2,(H,19,20). The Kier molecular flexibility index (Phi) is 4.98. The van der Waals surface area contributed by atoms with Gasteiger partial charge in [-0.1, -0.05) is 6.07 Å². The molecule has 0 atom stereocenters. The van der Waals surface area contributed by atoms with E-state index in [9.17, 15) is 9.59 Å². The van der Waals surface area contributed by atoms with Gasteiger partial charge in [-0.3, -0.25) is 19.6 Å². The first kappa shape index (κ1) is 14.6. The number of amides is 1. The zero-order valence-corrected chi connectivity index (χ0v) is 11.3. The molecule has 2 aromatic rings. The maximum absolute atomic E-state index is 12.4. The first-order valence-electron chi connectivity index (χ1n) is 6.48. The maximum atomic E-state index is 12.4. The molecule has 0 aliphatic rings. The number of carboxylic acid groups (broad SMARTS) is 1. The fourth-order valence-electron chi connectivity index (χ4n) is 1.84. The zero-order valence-electron chi connectivity index (χ0n) is 11.3. The molecule has 0 bridgehead atoms. The minimum atomic E-state index is -0.944. The van der Waals surface area contributed by atoms with Crippen LogP contribution in [0.25, 0.3) is 0 Å². The number of carbonyl (C=O) groups excluding carboxylic acids is 1. The third-order valence-corrected chi connectivity index (χ3v) is 2.87. The second-order valence-corrected chi connectivity index (χ2v) is 4.43. The zero-order chi connectivity index (χ0) is 15.1.